The summed E-state index contributed by atoms with van der Waals surface area (Å²) in [5, 5.41) is 5.04. The van der Waals surface area contributed by atoms with E-state index in [0.29, 0.717) is 0 Å². The molecule has 1 aromatic carbocycles. The van der Waals surface area contributed by atoms with Crippen LogP contribution >= 0.6 is 0 Å². The van der Waals surface area contributed by atoms with E-state index < -0.39 is 16.8 Å². The first kappa shape index (κ1) is 11.8. The summed E-state index contributed by atoms with van der Waals surface area (Å²) in [5.74, 6) is -1.05. The molecule has 15 heavy (non-hydrogen) atoms. The predicted molar refractivity (Wildman–Crippen MR) is 55.0 cm³/mol. The summed E-state index contributed by atoms with van der Waals surface area (Å²) in [4.78, 5) is 12.7. The number of benzene rings is 1. The molecule has 0 spiro atoms. The second-order valence-corrected chi connectivity index (χ2v) is 4.18. The van der Waals surface area contributed by atoms with Crippen LogP contribution < -0.4 is 5.14 Å². The van der Waals surface area contributed by atoms with Crippen molar-refractivity contribution in [3.8, 4) is 0 Å². The lowest BCUT2D eigenvalue weighted by molar-refractivity contribution is 0.0827. The van der Waals surface area contributed by atoms with E-state index in [-0.39, 0.29) is 16.4 Å². The van der Waals surface area contributed by atoms with Crippen LogP contribution in [0, 0.1) is 5.82 Å². The van der Waals surface area contributed by atoms with Crippen LogP contribution in [0.2, 0.25) is 0 Å². The predicted octanol–water partition coefficient (Wildman–Crippen LogP) is 0.509. The number of nitrogens with zero attached hydrogens (tertiary/aromatic N) is 1. The number of amides is 1. The van der Waals surface area contributed by atoms with Gasteiger partial charge in [-0.05, 0) is 18.2 Å². The summed E-state index contributed by atoms with van der Waals surface area (Å²) in [6, 6.07) is 3.68. The Morgan fingerprint density at radius 1 is 1.47 bits per heavy atom. The van der Waals surface area contributed by atoms with Gasteiger partial charge < -0.3 is 4.90 Å². The molecule has 1 amide bonds. The number of hydrogen-bond donors (Lipinski definition) is 1. The van der Waals surface area contributed by atoms with Crippen molar-refractivity contribution < 1.29 is 13.4 Å². The molecule has 0 aliphatic rings. The van der Waals surface area contributed by atoms with Gasteiger partial charge >= 0.3 is 0 Å². The van der Waals surface area contributed by atoms with Crippen LogP contribution in [0.4, 0.5) is 4.39 Å². The fourth-order valence-electron chi connectivity index (χ4n) is 1.06. The first-order valence-corrected chi connectivity index (χ1v) is 5.32. The van der Waals surface area contributed by atoms with Gasteiger partial charge in [-0.25, -0.2) is 13.7 Å². The molecule has 1 rings (SSSR count). The molecule has 6 heteroatoms. The van der Waals surface area contributed by atoms with Crippen molar-refractivity contribution in [3.63, 3.8) is 0 Å². The Labute approximate surface area is 89.5 Å². The van der Waals surface area contributed by atoms with E-state index in [9.17, 15) is 13.4 Å². The maximum atomic E-state index is 13.3. The van der Waals surface area contributed by atoms with Crippen LogP contribution in [0.25, 0.3) is 0 Å². The highest BCUT2D eigenvalue weighted by molar-refractivity contribution is 7.82. The lowest BCUT2D eigenvalue weighted by atomic mass is 10.2. The quantitative estimate of drug-likeness (QED) is 0.804. The highest BCUT2D eigenvalue weighted by atomic mass is 32.2. The highest BCUT2D eigenvalue weighted by Gasteiger charge is 2.12. The van der Waals surface area contributed by atoms with Crippen LogP contribution in [0.5, 0.6) is 0 Å². The zero-order chi connectivity index (χ0) is 11.6. The minimum Gasteiger partial charge on any atom is -0.345 e. The third-order valence-corrected chi connectivity index (χ3v) is 2.57. The molecule has 0 aliphatic carbocycles. The SMILES string of the molecule is CN(C)C(=O)c1ccc(S(N)=O)c(F)c1. The molecular formula is C9H11FN2O2S. The largest absolute Gasteiger partial charge is 0.345 e. The molecule has 4 nitrogen and oxygen atoms in total. The normalized spacial score (nSPS) is 12.3. The Morgan fingerprint density at radius 2 is 2.07 bits per heavy atom. The number of carbonyl (C=O) groups excluding carboxylic acids is 1. The van der Waals surface area contributed by atoms with Gasteiger partial charge in [0.15, 0.2) is 0 Å². The Morgan fingerprint density at radius 3 is 2.47 bits per heavy atom. The van der Waals surface area contributed by atoms with Crippen LogP contribution in [0.3, 0.4) is 0 Å². The average molecular weight is 230 g/mol. The molecule has 82 valence electrons. The van der Waals surface area contributed by atoms with Crippen molar-refractivity contribution in [3.05, 3.63) is 29.6 Å². The van der Waals surface area contributed by atoms with E-state index in [1.54, 1.807) is 14.1 Å². The number of halogens is 1. The van der Waals surface area contributed by atoms with Crippen molar-refractivity contribution in [1.82, 2.24) is 4.90 Å². The Balaban J connectivity index is 3.12. The van der Waals surface area contributed by atoms with Gasteiger partial charge in [0.2, 0.25) is 0 Å². The van der Waals surface area contributed by atoms with Crippen molar-refractivity contribution in [2.75, 3.05) is 14.1 Å². The molecule has 2 N–H and O–H groups in total. The van der Waals surface area contributed by atoms with E-state index in [1.807, 2.05) is 0 Å². The van der Waals surface area contributed by atoms with Crippen LogP contribution in [-0.4, -0.2) is 29.1 Å². The second kappa shape index (κ2) is 4.50. The average Bonchev–Trinajstić information content (AvgIpc) is 2.15. The monoisotopic (exact) mass is 230 g/mol. The summed E-state index contributed by atoms with van der Waals surface area (Å²) in [6.45, 7) is 0. The smallest absolute Gasteiger partial charge is 0.253 e. The van der Waals surface area contributed by atoms with Crippen LogP contribution in [0.1, 0.15) is 10.4 Å². The lowest BCUT2D eigenvalue weighted by Gasteiger charge is -2.10. The van der Waals surface area contributed by atoms with Crippen molar-refractivity contribution >= 4 is 16.9 Å². The molecule has 1 aromatic rings. The zero-order valence-electron chi connectivity index (χ0n) is 8.36. The van der Waals surface area contributed by atoms with Gasteiger partial charge in [-0.1, -0.05) is 0 Å². The summed E-state index contributed by atoms with van der Waals surface area (Å²) >= 11 is 0. The van der Waals surface area contributed by atoms with Gasteiger partial charge in [0.1, 0.15) is 16.8 Å². The lowest BCUT2D eigenvalue weighted by Crippen LogP contribution is -2.22. The Hall–Kier alpha value is -1.27. The topological polar surface area (TPSA) is 63.4 Å². The summed E-state index contributed by atoms with van der Waals surface area (Å²) < 4.78 is 24.1. The summed E-state index contributed by atoms with van der Waals surface area (Å²) in [7, 11) is 1.26. The van der Waals surface area contributed by atoms with E-state index in [4.69, 9.17) is 5.14 Å². The molecule has 0 heterocycles. The minimum absolute atomic E-state index is 0.106. The molecule has 0 radical (unpaired) electrons. The number of nitrogens with two attached hydrogens (primary N) is 1. The molecule has 1 atom stereocenters. The first-order valence-electron chi connectivity index (χ1n) is 4.11. The Kier molecular flexibility index (Phi) is 3.54. The second-order valence-electron chi connectivity index (χ2n) is 3.14. The maximum Gasteiger partial charge on any atom is 0.253 e. The summed E-state index contributed by atoms with van der Waals surface area (Å²) in [6.07, 6.45) is 0. The minimum atomic E-state index is -1.87. The first-order chi connectivity index (χ1) is 6.93. The molecule has 0 saturated carbocycles. The third-order valence-electron chi connectivity index (χ3n) is 1.80. The highest BCUT2D eigenvalue weighted by Crippen LogP contribution is 2.13. The van der Waals surface area contributed by atoms with Gasteiger partial charge in [0, 0.05) is 19.7 Å². The van der Waals surface area contributed by atoms with Gasteiger partial charge in [0.05, 0.1) is 4.90 Å². The van der Waals surface area contributed by atoms with E-state index in [1.165, 1.54) is 17.0 Å². The molecular weight excluding hydrogens is 219 g/mol. The third kappa shape index (κ3) is 2.60. The fourth-order valence-corrected chi connectivity index (χ4v) is 1.51. The van der Waals surface area contributed by atoms with Crippen LogP contribution in [0.15, 0.2) is 23.1 Å². The van der Waals surface area contributed by atoms with E-state index in [0.717, 1.165) is 6.07 Å². The molecule has 0 aromatic heterocycles. The molecule has 0 saturated heterocycles. The summed E-state index contributed by atoms with van der Waals surface area (Å²) in [5.41, 5.74) is 0.201. The number of hydrogen-bond acceptors (Lipinski definition) is 2. The fraction of sp³-hybridized carbons (Fsp3) is 0.222. The maximum absolute atomic E-state index is 13.3. The van der Waals surface area contributed by atoms with E-state index >= 15 is 0 Å². The van der Waals surface area contributed by atoms with Crippen LogP contribution in [-0.2, 0) is 11.0 Å². The van der Waals surface area contributed by atoms with Gasteiger partial charge in [-0.15, -0.1) is 0 Å². The van der Waals surface area contributed by atoms with Gasteiger partial charge in [-0.2, -0.15) is 0 Å². The molecule has 0 bridgehead atoms. The molecule has 0 aliphatic heterocycles. The zero-order valence-corrected chi connectivity index (χ0v) is 9.18. The van der Waals surface area contributed by atoms with Gasteiger partial charge in [-0.3, -0.25) is 4.79 Å². The number of rotatable bonds is 2. The standard InChI is InChI=1S/C9H11FN2O2S/c1-12(2)9(13)6-3-4-8(15(11)14)7(10)5-6/h3-5H,11H2,1-2H3. The van der Waals surface area contributed by atoms with Crippen molar-refractivity contribution in [2.45, 2.75) is 4.90 Å². The number of carbonyl (C=O) groups is 1. The Bertz CT molecular complexity index is 421. The molecule has 1 unspecified atom stereocenters. The van der Waals surface area contributed by atoms with Crippen molar-refractivity contribution in [1.29, 1.82) is 0 Å². The van der Waals surface area contributed by atoms with Crippen molar-refractivity contribution in [2.24, 2.45) is 5.14 Å². The van der Waals surface area contributed by atoms with E-state index in [2.05, 4.69) is 0 Å². The molecule has 0 fully saturated rings. The van der Waals surface area contributed by atoms with Gasteiger partial charge in [0.25, 0.3) is 5.91 Å².